The molecule has 9 heteroatoms. The van der Waals surface area contributed by atoms with Gasteiger partial charge in [0.15, 0.2) is 0 Å². The highest BCUT2D eigenvalue weighted by atomic mass is 35.5. The van der Waals surface area contributed by atoms with Crippen LogP contribution in [0.3, 0.4) is 0 Å². The van der Waals surface area contributed by atoms with Gasteiger partial charge in [0.05, 0.1) is 24.2 Å². The lowest BCUT2D eigenvalue weighted by molar-refractivity contribution is 0.178. The van der Waals surface area contributed by atoms with Crippen LogP contribution < -0.4 is 10.1 Å². The van der Waals surface area contributed by atoms with E-state index in [1.165, 1.54) is 6.07 Å². The Hall–Kier alpha value is -3.20. The Morgan fingerprint density at radius 1 is 1.08 bits per heavy atom. The van der Waals surface area contributed by atoms with Crippen molar-refractivity contribution < 1.29 is 13.9 Å². The smallest absolute Gasteiger partial charge is 0.213 e. The van der Waals surface area contributed by atoms with Crippen LogP contribution in [0, 0.1) is 5.82 Å². The monoisotopic (exact) mass is 537 g/mol. The van der Waals surface area contributed by atoms with Crippen LogP contribution in [0.15, 0.2) is 54.6 Å². The number of halogens is 2. The topological polar surface area (TPSA) is 64.4 Å². The average molecular weight is 538 g/mol. The number of hydrogen-bond acceptors (Lipinski definition) is 6. The summed E-state index contributed by atoms with van der Waals surface area (Å²) >= 11 is 5.85. The van der Waals surface area contributed by atoms with Crippen molar-refractivity contribution in [3.8, 4) is 5.88 Å². The number of aromatic nitrogens is 3. The zero-order valence-corrected chi connectivity index (χ0v) is 22.5. The van der Waals surface area contributed by atoms with Crippen molar-refractivity contribution in [1.82, 2.24) is 19.4 Å². The Balaban J connectivity index is 1.21. The van der Waals surface area contributed by atoms with Crippen LogP contribution in [0.5, 0.6) is 5.88 Å². The van der Waals surface area contributed by atoms with Crippen LogP contribution in [0.2, 0.25) is 5.02 Å². The van der Waals surface area contributed by atoms with Crippen LogP contribution in [-0.4, -0.2) is 53.3 Å². The number of hydrogen-bond donors (Lipinski definition) is 1. The lowest BCUT2D eigenvalue weighted by atomic mass is 9.93. The minimum absolute atomic E-state index is 0.109. The lowest BCUT2D eigenvalue weighted by Crippen LogP contribution is -2.33. The van der Waals surface area contributed by atoms with Gasteiger partial charge in [-0.05, 0) is 62.3 Å². The Bertz CT molecular complexity index is 1390. The first-order valence-electron chi connectivity index (χ1n) is 13.0. The van der Waals surface area contributed by atoms with Crippen molar-refractivity contribution in [3.05, 3.63) is 82.5 Å². The van der Waals surface area contributed by atoms with Crippen molar-refractivity contribution in [2.24, 2.45) is 0 Å². The Morgan fingerprint density at radius 3 is 2.68 bits per heavy atom. The Labute approximate surface area is 227 Å². The molecule has 7 nitrogen and oxygen atoms in total. The molecule has 0 amide bonds. The van der Waals surface area contributed by atoms with Gasteiger partial charge in [-0.3, -0.25) is 4.90 Å². The summed E-state index contributed by atoms with van der Waals surface area (Å²) in [4.78, 5) is 12.2. The number of ether oxygens (including phenoxy) is 2. The first kappa shape index (κ1) is 26.4. The average Bonchev–Trinajstić information content (AvgIpc) is 3.27. The molecule has 1 fully saturated rings. The maximum absolute atomic E-state index is 14.1. The second-order valence-corrected chi connectivity index (χ2v) is 10.0. The van der Waals surface area contributed by atoms with E-state index in [1.54, 1.807) is 19.2 Å². The van der Waals surface area contributed by atoms with Crippen molar-refractivity contribution in [3.63, 3.8) is 0 Å². The summed E-state index contributed by atoms with van der Waals surface area (Å²) in [5, 5.41) is 3.57. The fourth-order valence-corrected chi connectivity index (χ4v) is 5.16. The summed E-state index contributed by atoms with van der Waals surface area (Å²) in [5.74, 6) is 1.55. The zero-order chi connectivity index (χ0) is 26.5. The lowest BCUT2D eigenvalue weighted by Gasteiger charge is -2.31. The summed E-state index contributed by atoms with van der Waals surface area (Å²) in [5.41, 5.74) is 4.65. The van der Waals surface area contributed by atoms with Gasteiger partial charge < -0.3 is 19.4 Å². The molecule has 1 aliphatic rings. The highest BCUT2D eigenvalue weighted by molar-refractivity contribution is 6.30. The van der Waals surface area contributed by atoms with E-state index in [4.69, 9.17) is 31.0 Å². The minimum Gasteiger partial charge on any atom is -0.473 e. The van der Waals surface area contributed by atoms with E-state index in [9.17, 15) is 4.39 Å². The summed E-state index contributed by atoms with van der Waals surface area (Å²) < 4.78 is 27.5. The quantitative estimate of drug-likeness (QED) is 0.273. The number of benzene rings is 2. The molecule has 0 radical (unpaired) electrons. The van der Waals surface area contributed by atoms with E-state index in [-0.39, 0.29) is 12.4 Å². The fourth-order valence-electron chi connectivity index (χ4n) is 5.00. The molecule has 2 aromatic carbocycles. The molecule has 0 spiro atoms. The fraction of sp³-hybridized carbons (Fsp3) is 0.379. The molecular formula is C29H33ClFN5O2. The molecule has 0 saturated carbocycles. The van der Waals surface area contributed by atoms with E-state index >= 15 is 0 Å². The van der Waals surface area contributed by atoms with Gasteiger partial charge in [0.1, 0.15) is 18.2 Å². The number of imidazole rings is 1. The summed E-state index contributed by atoms with van der Waals surface area (Å²) in [6.45, 7) is 4.24. The molecule has 0 bridgehead atoms. The van der Waals surface area contributed by atoms with Crippen LogP contribution >= 0.6 is 11.6 Å². The van der Waals surface area contributed by atoms with E-state index in [1.807, 2.05) is 19.2 Å². The third-order valence-electron chi connectivity index (χ3n) is 7.14. The molecule has 5 rings (SSSR count). The van der Waals surface area contributed by atoms with Crippen LogP contribution in [0.4, 0.5) is 10.1 Å². The van der Waals surface area contributed by atoms with Crippen molar-refractivity contribution >= 4 is 28.3 Å². The van der Waals surface area contributed by atoms with Gasteiger partial charge in [-0.15, -0.1) is 0 Å². The van der Waals surface area contributed by atoms with E-state index < -0.39 is 0 Å². The summed E-state index contributed by atoms with van der Waals surface area (Å²) in [6.07, 6.45) is 2.01. The molecule has 4 aromatic rings. The third-order valence-corrected chi connectivity index (χ3v) is 7.38. The zero-order valence-electron chi connectivity index (χ0n) is 21.8. The van der Waals surface area contributed by atoms with Gasteiger partial charge in [0.25, 0.3) is 0 Å². The molecule has 38 heavy (non-hydrogen) atoms. The molecular weight excluding hydrogens is 505 g/mol. The SMILES string of the molecule is CNc1ccc2c(c1)nc(CN1CCC(c3cccc(OCc4ccc(Cl)cc4F)n3)CC1)n2CCOC. The Morgan fingerprint density at radius 2 is 1.92 bits per heavy atom. The van der Waals surface area contributed by atoms with E-state index in [0.717, 1.165) is 67.3 Å². The predicted octanol–water partition coefficient (Wildman–Crippen LogP) is 5.87. The molecule has 2 aromatic heterocycles. The number of methoxy groups -OCH3 is 1. The molecule has 0 aliphatic carbocycles. The van der Waals surface area contributed by atoms with Crippen molar-refractivity contribution in [2.45, 2.75) is 38.5 Å². The predicted molar refractivity (Wildman–Crippen MR) is 148 cm³/mol. The van der Waals surface area contributed by atoms with E-state index in [2.05, 4.69) is 39.0 Å². The maximum atomic E-state index is 14.1. The molecule has 1 aliphatic heterocycles. The highest BCUT2D eigenvalue weighted by Gasteiger charge is 2.24. The number of nitrogens with zero attached hydrogens (tertiary/aromatic N) is 4. The minimum atomic E-state index is -0.376. The third kappa shape index (κ3) is 6.09. The van der Waals surface area contributed by atoms with Gasteiger partial charge in [-0.1, -0.05) is 23.7 Å². The first-order valence-corrected chi connectivity index (χ1v) is 13.3. The van der Waals surface area contributed by atoms with Crippen molar-refractivity contribution in [1.29, 1.82) is 0 Å². The number of fused-ring (bicyclic) bond motifs is 1. The molecule has 3 heterocycles. The van der Waals surface area contributed by atoms with E-state index in [0.29, 0.717) is 29.0 Å². The van der Waals surface area contributed by atoms with Crippen LogP contribution in [0.1, 0.15) is 35.8 Å². The summed E-state index contributed by atoms with van der Waals surface area (Å²) in [7, 11) is 3.65. The second-order valence-electron chi connectivity index (χ2n) is 9.60. The molecule has 1 saturated heterocycles. The number of anilines is 1. The molecule has 1 N–H and O–H groups in total. The number of nitrogens with one attached hydrogen (secondary N) is 1. The molecule has 200 valence electrons. The van der Waals surface area contributed by atoms with Crippen molar-refractivity contribution in [2.75, 3.05) is 39.2 Å². The Kier molecular flexibility index (Phi) is 8.42. The number of piperidine rings is 1. The van der Waals surface area contributed by atoms with Gasteiger partial charge >= 0.3 is 0 Å². The second kappa shape index (κ2) is 12.1. The number of pyridine rings is 1. The standard InChI is InChI=1S/C29H33ClFN5O2/c1-32-23-8-9-27-26(17-23)33-28(36(27)14-15-37-2)18-35-12-10-20(11-13-35)25-4-3-5-29(34-25)38-19-21-6-7-22(30)16-24(21)31/h3-9,16-17,20,32H,10-15,18-19H2,1-2H3. The highest BCUT2D eigenvalue weighted by Crippen LogP contribution is 2.29. The molecule has 0 atom stereocenters. The summed E-state index contributed by atoms with van der Waals surface area (Å²) in [6, 6.07) is 16.7. The molecule has 0 unspecified atom stereocenters. The first-order chi connectivity index (χ1) is 18.5. The van der Waals surface area contributed by atoms with Gasteiger partial charge in [0.2, 0.25) is 5.88 Å². The normalized spacial score (nSPS) is 14.7. The number of likely N-dealkylation sites (tertiary alicyclic amines) is 1. The maximum Gasteiger partial charge on any atom is 0.213 e. The largest absolute Gasteiger partial charge is 0.473 e. The van der Waals surface area contributed by atoms with Gasteiger partial charge in [-0.2, -0.15) is 0 Å². The van der Waals surface area contributed by atoms with Gasteiger partial charge in [0, 0.05) is 54.7 Å². The van der Waals surface area contributed by atoms with Crippen LogP contribution in [0.25, 0.3) is 11.0 Å². The van der Waals surface area contributed by atoms with Crippen LogP contribution in [-0.2, 0) is 24.4 Å². The number of rotatable bonds is 10. The van der Waals surface area contributed by atoms with Gasteiger partial charge in [-0.25, -0.2) is 14.4 Å².